The third-order valence-corrected chi connectivity index (χ3v) is 3.13. The fourth-order valence-corrected chi connectivity index (χ4v) is 1.88. The highest BCUT2D eigenvalue weighted by Gasteiger charge is 2.17. The number of carbonyl (C=O) groups is 2. The number of benzene rings is 2. The van der Waals surface area contributed by atoms with Gasteiger partial charge in [0.05, 0.1) is 16.4 Å². The largest absolute Gasteiger partial charge is 0.316 e. The third kappa shape index (κ3) is 3.93. The topological polar surface area (TPSA) is 58.2 Å². The summed E-state index contributed by atoms with van der Waals surface area (Å²) in [6, 6.07) is 6.84. The number of carbonyl (C=O) groups excluding carboxylic acids is 2. The first-order valence-electron chi connectivity index (χ1n) is 5.89. The molecular weight excluding hydrogens is 337 g/mol. The molecule has 0 saturated carbocycles. The van der Waals surface area contributed by atoms with Gasteiger partial charge in [0.15, 0.2) is 0 Å². The zero-order chi connectivity index (χ0) is 16.3. The van der Waals surface area contributed by atoms with Crippen molar-refractivity contribution in [1.29, 1.82) is 0 Å². The number of hydrogen-bond donors (Lipinski definition) is 2. The van der Waals surface area contributed by atoms with Gasteiger partial charge in [0.25, 0.3) is 0 Å². The smallest absolute Gasteiger partial charge is 0.314 e. The maximum Gasteiger partial charge on any atom is 0.314 e. The molecule has 2 rings (SSSR count). The molecular formula is C14H8Cl2F2N2O2. The molecule has 0 aliphatic rings. The first-order valence-corrected chi connectivity index (χ1v) is 6.65. The van der Waals surface area contributed by atoms with Gasteiger partial charge in [0.2, 0.25) is 0 Å². The van der Waals surface area contributed by atoms with Crippen molar-refractivity contribution < 1.29 is 18.4 Å². The van der Waals surface area contributed by atoms with E-state index in [2.05, 4.69) is 5.32 Å². The number of anilines is 2. The normalized spacial score (nSPS) is 10.2. The summed E-state index contributed by atoms with van der Waals surface area (Å²) in [6.07, 6.45) is 0. The Hall–Kier alpha value is -2.18. The van der Waals surface area contributed by atoms with Crippen molar-refractivity contribution in [3.63, 3.8) is 0 Å². The highest BCUT2D eigenvalue weighted by molar-refractivity contribution is 6.45. The molecule has 0 fully saturated rings. The Morgan fingerprint density at radius 1 is 0.864 bits per heavy atom. The Morgan fingerprint density at radius 3 is 2.14 bits per heavy atom. The van der Waals surface area contributed by atoms with Crippen LogP contribution in [0.15, 0.2) is 36.4 Å². The Morgan fingerprint density at radius 2 is 1.50 bits per heavy atom. The van der Waals surface area contributed by atoms with Crippen LogP contribution < -0.4 is 10.6 Å². The lowest BCUT2D eigenvalue weighted by atomic mass is 10.3. The minimum atomic E-state index is -1.14. The first kappa shape index (κ1) is 16.2. The van der Waals surface area contributed by atoms with Gasteiger partial charge < -0.3 is 10.6 Å². The number of amides is 2. The standard InChI is InChI=1S/C14H8Cl2F2N2O2/c15-7-1-3-9(16)12(5-7)20-14(22)13(21)19-11-4-2-8(17)6-10(11)18/h1-6H,(H,19,21)(H,20,22). The molecule has 22 heavy (non-hydrogen) atoms. The second kappa shape index (κ2) is 6.72. The van der Waals surface area contributed by atoms with Gasteiger partial charge in [-0.25, -0.2) is 8.78 Å². The summed E-state index contributed by atoms with van der Waals surface area (Å²) in [5.74, 6) is -4.01. The average Bonchev–Trinajstić information content (AvgIpc) is 2.45. The van der Waals surface area contributed by atoms with Crippen molar-refractivity contribution in [2.24, 2.45) is 0 Å². The van der Waals surface area contributed by atoms with Crippen molar-refractivity contribution in [2.75, 3.05) is 10.6 Å². The summed E-state index contributed by atoms with van der Waals surface area (Å²) in [5, 5.41) is 4.75. The molecule has 0 unspecified atom stereocenters. The van der Waals surface area contributed by atoms with E-state index in [0.29, 0.717) is 11.1 Å². The molecule has 0 aliphatic carbocycles. The summed E-state index contributed by atoms with van der Waals surface area (Å²) in [7, 11) is 0. The van der Waals surface area contributed by atoms with Gasteiger partial charge in [-0.2, -0.15) is 0 Å². The molecule has 0 saturated heterocycles. The maximum atomic E-state index is 13.4. The van der Waals surface area contributed by atoms with E-state index in [1.165, 1.54) is 18.2 Å². The Kier molecular flexibility index (Phi) is 4.95. The second-order valence-corrected chi connectivity index (χ2v) is 5.00. The van der Waals surface area contributed by atoms with E-state index in [1.54, 1.807) is 0 Å². The molecule has 2 aromatic carbocycles. The number of halogens is 4. The van der Waals surface area contributed by atoms with Gasteiger partial charge in [-0.1, -0.05) is 23.2 Å². The molecule has 2 amide bonds. The van der Waals surface area contributed by atoms with Crippen LogP contribution in [0.25, 0.3) is 0 Å². The van der Waals surface area contributed by atoms with E-state index >= 15 is 0 Å². The summed E-state index contributed by atoms with van der Waals surface area (Å²) in [4.78, 5) is 23.4. The molecule has 0 radical (unpaired) electrons. The molecule has 2 aromatic rings. The second-order valence-electron chi connectivity index (χ2n) is 4.16. The van der Waals surface area contributed by atoms with E-state index in [-0.39, 0.29) is 16.4 Å². The van der Waals surface area contributed by atoms with Gasteiger partial charge in [-0.15, -0.1) is 0 Å². The van der Waals surface area contributed by atoms with Crippen molar-refractivity contribution in [3.05, 3.63) is 58.1 Å². The van der Waals surface area contributed by atoms with E-state index in [1.807, 2.05) is 5.32 Å². The number of nitrogens with one attached hydrogen (secondary N) is 2. The number of rotatable bonds is 2. The molecule has 0 bridgehead atoms. The van der Waals surface area contributed by atoms with Crippen molar-refractivity contribution in [2.45, 2.75) is 0 Å². The van der Waals surface area contributed by atoms with Crippen LogP contribution in [0.5, 0.6) is 0 Å². The molecule has 0 spiro atoms. The van der Waals surface area contributed by atoms with Crippen molar-refractivity contribution in [3.8, 4) is 0 Å². The van der Waals surface area contributed by atoms with E-state index in [0.717, 1.165) is 12.1 Å². The van der Waals surface area contributed by atoms with Crippen LogP contribution in [0.2, 0.25) is 10.0 Å². The van der Waals surface area contributed by atoms with Crippen LogP contribution in [0, 0.1) is 11.6 Å². The van der Waals surface area contributed by atoms with Crippen LogP contribution >= 0.6 is 23.2 Å². The van der Waals surface area contributed by atoms with Gasteiger partial charge in [-0.3, -0.25) is 9.59 Å². The molecule has 2 N–H and O–H groups in total. The highest BCUT2D eigenvalue weighted by Crippen LogP contribution is 2.25. The van der Waals surface area contributed by atoms with Crippen LogP contribution in [-0.4, -0.2) is 11.8 Å². The molecule has 114 valence electrons. The minimum Gasteiger partial charge on any atom is -0.316 e. The lowest BCUT2D eigenvalue weighted by molar-refractivity contribution is -0.133. The van der Waals surface area contributed by atoms with Crippen LogP contribution in [0.3, 0.4) is 0 Å². The lowest BCUT2D eigenvalue weighted by Crippen LogP contribution is -2.29. The SMILES string of the molecule is O=C(Nc1ccc(F)cc1F)C(=O)Nc1cc(Cl)ccc1Cl. The fourth-order valence-electron chi connectivity index (χ4n) is 1.54. The van der Waals surface area contributed by atoms with Crippen molar-refractivity contribution in [1.82, 2.24) is 0 Å². The van der Waals surface area contributed by atoms with Gasteiger partial charge in [-0.05, 0) is 30.3 Å². The molecule has 8 heteroatoms. The molecule has 0 heterocycles. The Bertz CT molecular complexity index is 754. The van der Waals surface area contributed by atoms with E-state index < -0.39 is 23.4 Å². The molecule has 0 aliphatic heterocycles. The zero-order valence-electron chi connectivity index (χ0n) is 10.8. The number of hydrogen-bond acceptors (Lipinski definition) is 2. The molecule has 0 atom stereocenters. The summed E-state index contributed by atoms with van der Waals surface area (Å²) < 4.78 is 26.1. The van der Waals surface area contributed by atoms with E-state index in [4.69, 9.17) is 23.2 Å². The van der Waals surface area contributed by atoms with Gasteiger partial charge in [0, 0.05) is 11.1 Å². The fraction of sp³-hybridized carbons (Fsp3) is 0. The highest BCUT2D eigenvalue weighted by atomic mass is 35.5. The molecule has 4 nitrogen and oxygen atoms in total. The van der Waals surface area contributed by atoms with Crippen LogP contribution in [0.4, 0.5) is 20.2 Å². The predicted molar refractivity (Wildman–Crippen MR) is 80.1 cm³/mol. The summed E-state index contributed by atoms with van der Waals surface area (Å²) in [5.41, 5.74) is -0.187. The predicted octanol–water partition coefficient (Wildman–Crippen LogP) is 3.85. The van der Waals surface area contributed by atoms with Gasteiger partial charge in [0.1, 0.15) is 11.6 Å². The van der Waals surface area contributed by atoms with Crippen molar-refractivity contribution >= 4 is 46.4 Å². The average molecular weight is 345 g/mol. The minimum absolute atomic E-state index is 0.133. The maximum absolute atomic E-state index is 13.4. The quantitative estimate of drug-likeness (QED) is 0.813. The third-order valence-electron chi connectivity index (χ3n) is 2.56. The monoisotopic (exact) mass is 344 g/mol. The summed E-state index contributed by atoms with van der Waals surface area (Å²) >= 11 is 11.6. The van der Waals surface area contributed by atoms with Gasteiger partial charge >= 0.3 is 11.8 Å². The first-order chi connectivity index (χ1) is 10.4. The Balaban J connectivity index is 2.09. The zero-order valence-corrected chi connectivity index (χ0v) is 12.3. The lowest BCUT2D eigenvalue weighted by Gasteiger charge is -2.09. The summed E-state index contributed by atoms with van der Waals surface area (Å²) in [6.45, 7) is 0. The van der Waals surface area contributed by atoms with Crippen LogP contribution in [-0.2, 0) is 9.59 Å². The van der Waals surface area contributed by atoms with E-state index in [9.17, 15) is 18.4 Å². The molecule has 0 aromatic heterocycles. The van der Waals surface area contributed by atoms with Crippen LogP contribution in [0.1, 0.15) is 0 Å². The Labute approximate surface area is 134 Å².